The Kier molecular flexibility index (Phi) is 3.90. The number of aromatic nitrogens is 2. The van der Waals surface area contributed by atoms with E-state index in [0.717, 1.165) is 35.3 Å². The summed E-state index contributed by atoms with van der Waals surface area (Å²) in [7, 11) is 0. The number of anilines is 2. The summed E-state index contributed by atoms with van der Waals surface area (Å²) in [5, 5.41) is 12.7. The Hall–Kier alpha value is -3.21. The molecule has 0 bridgehead atoms. The first-order chi connectivity index (χ1) is 12.2. The van der Waals surface area contributed by atoms with Gasteiger partial charge in [0.15, 0.2) is 0 Å². The molecule has 1 saturated carbocycles. The summed E-state index contributed by atoms with van der Waals surface area (Å²) in [6.45, 7) is 0. The number of hydrogen-bond donors (Lipinski definition) is 2. The van der Waals surface area contributed by atoms with Gasteiger partial charge in [-0.3, -0.25) is 9.97 Å². The number of nitrogens with zero attached hydrogens (tertiary/aromatic N) is 2. The molecule has 1 aromatic carbocycles. The summed E-state index contributed by atoms with van der Waals surface area (Å²) in [5.41, 5.74) is 4.48. The maximum Gasteiger partial charge on any atom is 0.337 e. The highest BCUT2D eigenvalue weighted by atomic mass is 16.4. The molecule has 1 fully saturated rings. The number of aromatic carboxylic acids is 1. The van der Waals surface area contributed by atoms with Crippen molar-refractivity contribution in [3.8, 4) is 11.3 Å². The Labute approximate surface area is 145 Å². The minimum atomic E-state index is -0.926. The third-order valence-corrected chi connectivity index (χ3v) is 4.32. The molecule has 0 radical (unpaired) electrons. The number of pyridine rings is 2. The van der Waals surface area contributed by atoms with Gasteiger partial charge in [0.1, 0.15) is 0 Å². The third-order valence-electron chi connectivity index (χ3n) is 4.32. The van der Waals surface area contributed by atoms with Gasteiger partial charge in [-0.25, -0.2) is 4.79 Å². The number of benzene rings is 1. The predicted molar refractivity (Wildman–Crippen MR) is 96.1 cm³/mol. The lowest BCUT2D eigenvalue weighted by Gasteiger charge is -2.11. The van der Waals surface area contributed by atoms with Crippen LogP contribution in [0.3, 0.4) is 0 Å². The van der Waals surface area contributed by atoms with Crippen LogP contribution in [-0.4, -0.2) is 21.0 Å². The number of carbonyl (C=O) groups is 1. The zero-order valence-corrected chi connectivity index (χ0v) is 13.5. The largest absolute Gasteiger partial charge is 0.478 e. The first kappa shape index (κ1) is 15.3. The number of nitrogens with one attached hydrogen (secondary N) is 1. The topological polar surface area (TPSA) is 75.1 Å². The third kappa shape index (κ3) is 3.35. The summed E-state index contributed by atoms with van der Waals surface area (Å²) in [5.74, 6) is -0.405. The van der Waals surface area contributed by atoms with Gasteiger partial charge >= 0.3 is 5.97 Å². The van der Waals surface area contributed by atoms with Crippen LogP contribution in [0.4, 0.5) is 11.4 Å². The molecule has 0 amide bonds. The molecule has 2 N–H and O–H groups in total. The minimum Gasteiger partial charge on any atom is -0.478 e. The minimum absolute atomic E-state index is 0.292. The smallest absolute Gasteiger partial charge is 0.337 e. The molecule has 4 rings (SSSR count). The molecular weight excluding hydrogens is 314 g/mol. The molecule has 0 atom stereocenters. The van der Waals surface area contributed by atoms with Crippen LogP contribution in [0.2, 0.25) is 0 Å². The summed E-state index contributed by atoms with van der Waals surface area (Å²) in [6, 6.07) is 13.2. The van der Waals surface area contributed by atoms with Crippen molar-refractivity contribution < 1.29 is 9.90 Å². The van der Waals surface area contributed by atoms with E-state index in [9.17, 15) is 9.90 Å². The Balaban J connectivity index is 1.58. The second kappa shape index (κ2) is 6.36. The van der Waals surface area contributed by atoms with E-state index in [0.29, 0.717) is 17.2 Å². The van der Waals surface area contributed by atoms with Crippen LogP contribution in [0.1, 0.15) is 34.7 Å². The average Bonchev–Trinajstić information content (AvgIpc) is 3.48. The number of hydrogen-bond acceptors (Lipinski definition) is 4. The van der Waals surface area contributed by atoms with E-state index in [1.165, 1.54) is 0 Å². The van der Waals surface area contributed by atoms with Gasteiger partial charge in [-0.1, -0.05) is 6.07 Å². The van der Waals surface area contributed by atoms with E-state index >= 15 is 0 Å². The van der Waals surface area contributed by atoms with Crippen molar-refractivity contribution in [1.29, 1.82) is 0 Å². The molecule has 0 unspecified atom stereocenters. The SMILES string of the molecule is O=C(O)c1cc(C2CC2)ccc1Nc1ccc(-c2cccnc2)nc1. The van der Waals surface area contributed by atoms with Gasteiger partial charge in [-0.15, -0.1) is 0 Å². The summed E-state index contributed by atoms with van der Waals surface area (Å²) in [6.07, 6.45) is 7.46. The average molecular weight is 331 g/mol. The van der Waals surface area contributed by atoms with Gasteiger partial charge < -0.3 is 10.4 Å². The molecule has 2 heterocycles. The van der Waals surface area contributed by atoms with Crippen molar-refractivity contribution in [2.45, 2.75) is 18.8 Å². The molecule has 1 aliphatic rings. The Bertz CT molecular complexity index is 904. The Morgan fingerprint density at radius 3 is 2.64 bits per heavy atom. The van der Waals surface area contributed by atoms with E-state index in [2.05, 4.69) is 15.3 Å². The van der Waals surface area contributed by atoms with Crippen LogP contribution >= 0.6 is 0 Å². The van der Waals surface area contributed by atoms with E-state index in [-0.39, 0.29) is 0 Å². The van der Waals surface area contributed by atoms with Gasteiger partial charge in [-0.2, -0.15) is 0 Å². The lowest BCUT2D eigenvalue weighted by Crippen LogP contribution is -2.04. The normalized spacial score (nSPS) is 13.4. The van der Waals surface area contributed by atoms with Crippen molar-refractivity contribution >= 4 is 17.3 Å². The fraction of sp³-hybridized carbons (Fsp3) is 0.150. The quantitative estimate of drug-likeness (QED) is 0.722. The molecule has 1 aliphatic carbocycles. The predicted octanol–water partition coefficient (Wildman–Crippen LogP) is 4.46. The number of carboxylic acids is 1. The molecule has 0 aliphatic heterocycles. The monoisotopic (exact) mass is 331 g/mol. The van der Waals surface area contributed by atoms with Crippen LogP contribution < -0.4 is 5.32 Å². The van der Waals surface area contributed by atoms with Gasteiger partial charge in [0, 0.05) is 18.0 Å². The van der Waals surface area contributed by atoms with Crippen molar-refractivity contribution in [3.05, 3.63) is 72.2 Å². The van der Waals surface area contributed by atoms with Gasteiger partial charge in [0.25, 0.3) is 0 Å². The van der Waals surface area contributed by atoms with E-state index in [1.54, 1.807) is 24.7 Å². The van der Waals surface area contributed by atoms with Crippen molar-refractivity contribution in [1.82, 2.24) is 9.97 Å². The molecule has 2 aromatic heterocycles. The van der Waals surface area contributed by atoms with Crippen molar-refractivity contribution in [2.75, 3.05) is 5.32 Å². The second-order valence-corrected chi connectivity index (χ2v) is 6.18. The molecule has 0 saturated heterocycles. The molecule has 25 heavy (non-hydrogen) atoms. The van der Waals surface area contributed by atoms with Crippen molar-refractivity contribution in [2.24, 2.45) is 0 Å². The van der Waals surface area contributed by atoms with Crippen LogP contribution in [0.15, 0.2) is 61.1 Å². The Morgan fingerprint density at radius 1 is 1.12 bits per heavy atom. The molecule has 3 aromatic rings. The molecule has 0 spiro atoms. The van der Waals surface area contributed by atoms with Crippen LogP contribution in [-0.2, 0) is 0 Å². The lowest BCUT2D eigenvalue weighted by molar-refractivity contribution is 0.0698. The zero-order chi connectivity index (χ0) is 17.2. The second-order valence-electron chi connectivity index (χ2n) is 6.18. The molecule has 5 nitrogen and oxygen atoms in total. The summed E-state index contributed by atoms with van der Waals surface area (Å²) < 4.78 is 0. The summed E-state index contributed by atoms with van der Waals surface area (Å²) >= 11 is 0. The Morgan fingerprint density at radius 2 is 2.00 bits per heavy atom. The first-order valence-corrected chi connectivity index (χ1v) is 8.21. The molecule has 5 heteroatoms. The zero-order valence-electron chi connectivity index (χ0n) is 13.5. The standard InChI is InChI=1S/C20H17N3O2/c24-20(25)17-10-14(13-3-4-13)5-7-19(17)23-16-6-8-18(22-12-16)15-2-1-9-21-11-15/h1-2,5-13,23H,3-4H2,(H,24,25). The van der Waals surface area contributed by atoms with Gasteiger partial charge in [0.2, 0.25) is 0 Å². The highest BCUT2D eigenvalue weighted by molar-refractivity contribution is 5.95. The van der Waals surface area contributed by atoms with Crippen molar-refractivity contribution in [3.63, 3.8) is 0 Å². The maximum absolute atomic E-state index is 11.6. The van der Waals surface area contributed by atoms with E-state index in [1.807, 2.05) is 36.4 Å². The van der Waals surface area contributed by atoms with Crippen LogP contribution in [0, 0.1) is 0 Å². The maximum atomic E-state index is 11.6. The van der Waals surface area contributed by atoms with E-state index < -0.39 is 5.97 Å². The lowest BCUT2D eigenvalue weighted by atomic mass is 10.0. The first-order valence-electron chi connectivity index (χ1n) is 8.21. The van der Waals surface area contributed by atoms with Crippen LogP contribution in [0.5, 0.6) is 0 Å². The molecular formula is C20H17N3O2. The van der Waals surface area contributed by atoms with Crippen LogP contribution in [0.25, 0.3) is 11.3 Å². The van der Waals surface area contributed by atoms with Gasteiger partial charge in [0.05, 0.1) is 28.8 Å². The highest BCUT2D eigenvalue weighted by Gasteiger charge is 2.25. The number of rotatable bonds is 5. The highest BCUT2D eigenvalue weighted by Crippen LogP contribution is 2.41. The number of carboxylic acid groups (broad SMARTS) is 1. The fourth-order valence-corrected chi connectivity index (χ4v) is 2.83. The fourth-order valence-electron chi connectivity index (χ4n) is 2.83. The molecule has 124 valence electrons. The van der Waals surface area contributed by atoms with Gasteiger partial charge in [-0.05, 0) is 60.7 Å². The summed E-state index contributed by atoms with van der Waals surface area (Å²) in [4.78, 5) is 20.1. The van der Waals surface area contributed by atoms with E-state index in [4.69, 9.17) is 0 Å².